The van der Waals surface area contributed by atoms with Gasteiger partial charge in [-0.1, -0.05) is 37.6 Å². The van der Waals surface area contributed by atoms with Crippen LogP contribution in [0, 0.1) is 0 Å². The lowest BCUT2D eigenvalue weighted by atomic mass is 10.0. The third-order valence-corrected chi connectivity index (χ3v) is 2.77. The van der Waals surface area contributed by atoms with Gasteiger partial charge >= 0.3 is 0 Å². The minimum absolute atomic E-state index is 0.269. The number of carbonyl (C=O) groups excluding carboxylic acids is 1. The predicted molar refractivity (Wildman–Crippen MR) is 68.5 cm³/mol. The number of nitrogens with one attached hydrogen (secondary N) is 1. The van der Waals surface area contributed by atoms with Gasteiger partial charge in [-0.05, 0) is 18.1 Å². The van der Waals surface area contributed by atoms with Crippen LogP contribution in [0.4, 0.5) is 0 Å². The third-order valence-electron chi connectivity index (χ3n) is 2.54. The van der Waals surface area contributed by atoms with E-state index in [1.165, 1.54) is 0 Å². The topological polar surface area (TPSA) is 45.8 Å². The number of carbonyl (C=O) groups is 1. The van der Waals surface area contributed by atoms with E-state index in [9.17, 15) is 4.79 Å². The van der Waals surface area contributed by atoms with Crippen LogP contribution < -0.4 is 0 Å². The van der Waals surface area contributed by atoms with Crippen molar-refractivity contribution in [3.63, 3.8) is 0 Å². The molecule has 1 aromatic heterocycles. The summed E-state index contributed by atoms with van der Waals surface area (Å²) >= 11 is 5.96. The Bertz CT molecular complexity index is 546. The monoisotopic (exact) mass is 248 g/mol. The van der Waals surface area contributed by atoms with Crippen molar-refractivity contribution < 1.29 is 4.79 Å². The summed E-state index contributed by atoms with van der Waals surface area (Å²) in [5.41, 5.74) is 2.67. The van der Waals surface area contributed by atoms with Gasteiger partial charge in [0.15, 0.2) is 12.1 Å². The highest BCUT2D eigenvalue weighted by Crippen LogP contribution is 2.28. The first-order valence-corrected chi connectivity index (χ1v) is 5.80. The average molecular weight is 249 g/mol. The summed E-state index contributed by atoms with van der Waals surface area (Å²) in [6, 6.07) is 7.46. The van der Waals surface area contributed by atoms with E-state index in [0.717, 1.165) is 23.2 Å². The summed E-state index contributed by atoms with van der Waals surface area (Å²) in [6.45, 7) is 4.10. The second-order valence-corrected chi connectivity index (χ2v) is 4.60. The molecule has 17 heavy (non-hydrogen) atoms. The molecule has 0 atom stereocenters. The number of imidazole rings is 1. The number of aldehydes is 1. The number of aromatic amines is 1. The maximum Gasteiger partial charge on any atom is 0.185 e. The Balaban J connectivity index is 2.57. The van der Waals surface area contributed by atoms with Gasteiger partial charge in [0, 0.05) is 16.3 Å². The molecule has 0 aliphatic carbocycles. The lowest BCUT2D eigenvalue weighted by Crippen LogP contribution is -1.91. The maximum atomic E-state index is 10.8. The van der Waals surface area contributed by atoms with Crippen molar-refractivity contribution in [2.24, 2.45) is 0 Å². The van der Waals surface area contributed by atoms with E-state index in [4.69, 9.17) is 11.6 Å². The van der Waals surface area contributed by atoms with E-state index < -0.39 is 0 Å². The van der Waals surface area contributed by atoms with Crippen LogP contribution in [0.2, 0.25) is 5.02 Å². The normalized spacial score (nSPS) is 10.8. The standard InChI is InChI=1S/C13H13ClN2O/c1-8(2)12-13(16-11(7-17)15-12)9-4-3-5-10(14)6-9/h3-8H,1-2H3,(H,15,16). The van der Waals surface area contributed by atoms with Gasteiger partial charge in [0.2, 0.25) is 0 Å². The largest absolute Gasteiger partial charge is 0.339 e. The van der Waals surface area contributed by atoms with Crippen LogP contribution >= 0.6 is 11.6 Å². The summed E-state index contributed by atoms with van der Waals surface area (Å²) in [4.78, 5) is 18.1. The fourth-order valence-electron chi connectivity index (χ4n) is 1.74. The van der Waals surface area contributed by atoms with Gasteiger partial charge in [-0.2, -0.15) is 0 Å². The van der Waals surface area contributed by atoms with Crippen LogP contribution in [0.1, 0.15) is 36.1 Å². The molecule has 0 unspecified atom stereocenters. The van der Waals surface area contributed by atoms with Crippen molar-refractivity contribution in [3.05, 3.63) is 40.8 Å². The van der Waals surface area contributed by atoms with Gasteiger partial charge in [0.05, 0.1) is 5.69 Å². The van der Waals surface area contributed by atoms with Crippen LogP contribution in [0.5, 0.6) is 0 Å². The number of hydrogen-bond acceptors (Lipinski definition) is 2. The molecule has 88 valence electrons. The number of hydrogen-bond donors (Lipinski definition) is 1. The Morgan fingerprint density at radius 3 is 2.76 bits per heavy atom. The Labute approximate surface area is 105 Å². The summed E-state index contributed by atoms with van der Waals surface area (Å²) in [7, 11) is 0. The molecule has 0 amide bonds. The van der Waals surface area contributed by atoms with E-state index in [0.29, 0.717) is 10.8 Å². The highest BCUT2D eigenvalue weighted by molar-refractivity contribution is 6.30. The number of benzene rings is 1. The molecule has 4 heteroatoms. The Morgan fingerprint density at radius 1 is 1.41 bits per heavy atom. The first kappa shape index (κ1) is 11.9. The molecule has 0 spiro atoms. The molecular formula is C13H13ClN2O. The van der Waals surface area contributed by atoms with Crippen LogP contribution in [-0.2, 0) is 0 Å². The fourth-order valence-corrected chi connectivity index (χ4v) is 1.93. The van der Waals surface area contributed by atoms with E-state index in [2.05, 4.69) is 23.8 Å². The van der Waals surface area contributed by atoms with Crippen LogP contribution in [-0.4, -0.2) is 16.3 Å². The molecule has 1 N–H and O–H groups in total. The quantitative estimate of drug-likeness (QED) is 0.843. The minimum Gasteiger partial charge on any atom is -0.339 e. The number of nitrogens with zero attached hydrogens (tertiary/aromatic N) is 1. The maximum absolute atomic E-state index is 10.8. The second-order valence-electron chi connectivity index (χ2n) is 4.17. The van der Waals surface area contributed by atoms with E-state index >= 15 is 0 Å². The van der Waals surface area contributed by atoms with E-state index in [1.54, 1.807) is 0 Å². The fraction of sp³-hybridized carbons (Fsp3) is 0.231. The molecule has 0 aliphatic heterocycles. The van der Waals surface area contributed by atoms with Gasteiger partial charge in [0.1, 0.15) is 0 Å². The molecule has 2 aromatic rings. The van der Waals surface area contributed by atoms with Crippen molar-refractivity contribution >= 4 is 17.9 Å². The summed E-state index contributed by atoms with van der Waals surface area (Å²) in [5.74, 6) is 0.619. The molecule has 0 fully saturated rings. The first-order chi connectivity index (χ1) is 8.11. The predicted octanol–water partition coefficient (Wildman–Crippen LogP) is 3.67. The lowest BCUT2D eigenvalue weighted by Gasteiger charge is -2.05. The SMILES string of the molecule is CC(C)c1[nH]c(C=O)nc1-c1cccc(Cl)c1. The second kappa shape index (κ2) is 4.72. The van der Waals surface area contributed by atoms with Gasteiger partial charge in [0.25, 0.3) is 0 Å². The molecule has 0 saturated heterocycles. The highest BCUT2D eigenvalue weighted by Gasteiger charge is 2.14. The molecular weight excluding hydrogens is 236 g/mol. The zero-order chi connectivity index (χ0) is 12.4. The van der Waals surface area contributed by atoms with Crippen molar-refractivity contribution in [3.8, 4) is 11.3 Å². The van der Waals surface area contributed by atoms with Crippen molar-refractivity contribution in [2.75, 3.05) is 0 Å². The van der Waals surface area contributed by atoms with Crippen LogP contribution in [0.25, 0.3) is 11.3 Å². The van der Waals surface area contributed by atoms with Gasteiger partial charge < -0.3 is 4.98 Å². The minimum atomic E-state index is 0.269. The lowest BCUT2D eigenvalue weighted by molar-refractivity contribution is 0.111. The Kier molecular flexibility index (Phi) is 3.29. The van der Waals surface area contributed by atoms with Crippen LogP contribution in [0.15, 0.2) is 24.3 Å². The summed E-state index contributed by atoms with van der Waals surface area (Å²) in [6.07, 6.45) is 0.722. The van der Waals surface area contributed by atoms with Crippen molar-refractivity contribution in [1.82, 2.24) is 9.97 Å². The van der Waals surface area contributed by atoms with E-state index in [1.807, 2.05) is 24.3 Å². The van der Waals surface area contributed by atoms with Crippen LogP contribution in [0.3, 0.4) is 0 Å². The number of H-pyrrole nitrogens is 1. The zero-order valence-electron chi connectivity index (χ0n) is 9.70. The molecule has 1 aromatic carbocycles. The Morgan fingerprint density at radius 2 is 2.18 bits per heavy atom. The third kappa shape index (κ3) is 2.39. The number of aromatic nitrogens is 2. The first-order valence-electron chi connectivity index (χ1n) is 5.43. The van der Waals surface area contributed by atoms with Gasteiger partial charge in [-0.15, -0.1) is 0 Å². The molecule has 0 bridgehead atoms. The average Bonchev–Trinajstić information content (AvgIpc) is 2.73. The molecule has 0 radical (unpaired) electrons. The van der Waals surface area contributed by atoms with Crippen molar-refractivity contribution in [2.45, 2.75) is 19.8 Å². The molecule has 1 heterocycles. The van der Waals surface area contributed by atoms with Crippen molar-refractivity contribution in [1.29, 1.82) is 0 Å². The zero-order valence-corrected chi connectivity index (χ0v) is 10.5. The Hall–Kier alpha value is -1.61. The molecule has 0 saturated carbocycles. The smallest absolute Gasteiger partial charge is 0.185 e. The molecule has 0 aliphatic rings. The number of halogens is 1. The molecule has 3 nitrogen and oxygen atoms in total. The van der Waals surface area contributed by atoms with Gasteiger partial charge in [-0.3, -0.25) is 4.79 Å². The number of rotatable bonds is 3. The summed E-state index contributed by atoms with van der Waals surface area (Å²) < 4.78 is 0. The summed E-state index contributed by atoms with van der Waals surface area (Å²) in [5, 5.41) is 0.660. The highest BCUT2D eigenvalue weighted by atomic mass is 35.5. The molecule has 2 rings (SSSR count). The van der Waals surface area contributed by atoms with E-state index in [-0.39, 0.29) is 5.92 Å². The van der Waals surface area contributed by atoms with Gasteiger partial charge in [-0.25, -0.2) is 4.98 Å².